The number of rotatable bonds is 5. The van der Waals surface area contributed by atoms with Gasteiger partial charge < -0.3 is 19.7 Å². The molecule has 3 aliphatic heterocycles. The van der Waals surface area contributed by atoms with Crippen LogP contribution in [0.15, 0.2) is 24.5 Å². The highest BCUT2D eigenvalue weighted by molar-refractivity contribution is 5.86. The third kappa shape index (κ3) is 3.58. The van der Waals surface area contributed by atoms with Crippen molar-refractivity contribution in [2.24, 2.45) is 5.92 Å². The van der Waals surface area contributed by atoms with Crippen molar-refractivity contribution >= 4 is 11.8 Å². The predicted octanol–water partition coefficient (Wildman–Crippen LogP) is 1.27. The van der Waals surface area contributed by atoms with Gasteiger partial charge in [0.25, 0.3) is 5.91 Å². The van der Waals surface area contributed by atoms with Gasteiger partial charge in [-0.25, -0.2) is 0 Å². The zero-order valence-corrected chi connectivity index (χ0v) is 15.7. The molecule has 3 saturated heterocycles. The predicted molar refractivity (Wildman–Crippen MR) is 97.6 cm³/mol. The van der Waals surface area contributed by atoms with Crippen LogP contribution in [0.3, 0.4) is 0 Å². The van der Waals surface area contributed by atoms with Crippen LogP contribution in [0.25, 0.3) is 0 Å². The van der Waals surface area contributed by atoms with Gasteiger partial charge in [0, 0.05) is 52.0 Å². The summed E-state index contributed by atoms with van der Waals surface area (Å²) in [5.74, 6) is 0.0603. The fraction of sp³-hybridized carbons (Fsp3) is 0.650. The highest BCUT2D eigenvalue weighted by Crippen LogP contribution is 2.40. The first-order valence-corrected chi connectivity index (χ1v) is 9.78. The van der Waals surface area contributed by atoms with Gasteiger partial charge in [-0.3, -0.25) is 14.6 Å². The number of piperidine rings is 1. The number of fused-ring (bicyclic) bond motifs is 2. The number of carbonyl (C=O) groups excluding carboxylic acids is 2. The standard InChI is InChI=1S/C20H27N3O4/c1-26-20(19(25)22-13-14-3-2-8-21-12-14)6-9-23(10-7-20)18(24)16-11-15-4-5-17(16)27-15/h2-3,8,12,15-17H,4-7,9-11,13H2,1H3,(H,22,25)/t15-,16-,17+/m0/s1. The summed E-state index contributed by atoms with van der Waals surface area (Å²) in [7, 11) is 1.57. The third-order valence-corrected chi connectivity index (χ3v) is 6.29. The van der Waals surface area contributed by atoms with E-state index >= 15 is 0 Å². The van der Waals surface area contributed by atoms with Crippen LogP contribution in [0.4, 0.5) is 0 Å². The van der Waals surface area contributed by atoms with Crippen molar-refractivity contribution in [3.05, 3.63) is 30.1 Å². The molecule has 1 aromatic rings. The monoisotopic (exact) mass is 373 g/mol. The van der Waals surface area contributed by atoms with Gasteiger partial charge in [0.2, 0.25) is 5.91 Å². The summed E-state index contributed by atoms with van der Waals surface area (Å²) in [6, 6.07) is 3.77. The van der Waals surface area contributed by atoms with E-state index in [9.17, 15) is 9.59 Å². The van der Waals surface area contributed by atoms with Gasteiger partial charge in [-0.05, 0) is 30.9 Å². The summed E-state index contributed by atoms with van der Waals surface area (Å²) in [6.45, 7) is 1.50. The van der Waals surface area contributed by atoms with Crippen molar-refractivity contribution in [2.45, 2.75) is 56.5 Å². The van der Waals surface area contributed by atoms with E-state index in [2.05, 4.69) is 10.3 Å². The molecular weight excluding hydrogens is 346 g/mol. The Morgan fingerprint density at radius 3 is 2.78 bits per heavy atom. The van der Waals surface area contributed by atoms with Crippen LogP contribution < -0.4 is 5.32 Å². The van der Waals surface area contributed by atoms with Gasteiger partial charge in [-0.2, -0.15) is 0 Å². The summed E-state index contributed by atoms with van der Waals surface area (Å²) in [5.41, 5.74) is 0.0745. The largest absolute Gasteiger partial charge is 0.374 e. The highest BCUT2D eigenvalue weighted by atomic mass is 16.5. The number of methoxy groups -OCH3 is 1. The van der Waals surface area contributed by atoms with E-state index in [1.165, 1.54) is 0 Å². The van der Waals surface area contributed by atoms with E-state index in [0.717, 1.165) is 24.8 Å². The number of nitrogens with one attached hydrogen (secondary N) is 1. The Morgan fingerprint density at radius 2 is 2.19 bits per heavy atom. The first-order chi connectivity index (χ1) is 13.1. The number of carbonyl (C=O) groups is 2. The second-order valence-corrected chi connectivity index (χ2v) is 7.78. The molecule has 3 atom stereocenters. The van der Waals surface area contributed by atoms with Crippen LogP contribution in [0.1, 0.15) is 37.7 Å². The molecule has 1 N–H and O–H groups in total. The Morgan fingerprint density at radius 1 is 1.37 bits per heavy atom. The molecule has 27 heavy (non-hydrogen) atoms. The minimum Gasteiger partial charge on any atom is -0.374 e. The van der Waals surface area contributed by atoms with E-state index in [1.54, 1.807) is 19.5 Å². The minimum absolute atomic E-state index is 0.00166. The van der Waals surface area contributed by atoms with E-state index in [1.807, 2.05) is 17.0 Å². The number of pyridine rings is 1. The lowest BCUT2D eigenvalue weighted by Crippen LogP contribution is -2.56. The molecule has 7 heteroatoms. The van der Waals surface area contributed by atoms with Crippen molar-refractivity contribution in [3.8, 4) is 0 Å². The zero-order valence-electron chi connectivity index (χ0n) is 15.7. The molecule has 0 aromatic carbocycles. The summed E-state index contributed by atoms with van der Waals surface area (Å²) in [5, 5.41) is 2.95. The van der Waals surface area contributed by atoms with Gasteiger partial charge >= 0.3 is 0 Å². The van der Waals surface area contributed by atoms with Gasteiger partial charge in [0.1, 0.15) is 5.60 Å². The molecule has 7 nitrogen and oxygen atoms in total. The number of hydrogen-bond acceptors (Lipinski definition) is 5. The van der Waals surface area contributed by atoms with Crippen LogP contribution in [-0.4, -0.2) is 59.7 Å². The topological polar surface area (TPSA) is 80.8 Å². The quantitative estimate of drug-likeness (QED) is 0.841. The van der Waals surface area contributed by atoms with E-state index in [0.29, 0.717) is 32.5 Å². The Kier molecular flexibility index (Phi) is 5.14. The van der Waals surface area contributed by atoms with Crippen molar-refractivity contribution < 1.29 is 19.1 Å². The molecule has 146 valence electrons. The second-order valence-electron chi connectivity index (χ2n) is 7.78. The van der Waals surface area contributed by atoms with Crippen LogP contribution in [0.2, 0.25) is 0 Å². The third-order valence-electron chi connectivity index (χ3n) is 6.29. The number of likely N-dealkylation sites (tertiary alicyclic amines) is 1. The normalized spacial score (nSPS) is 28.9. The van der Waals surface area contributed by atoms with Crippen LogP contribution in [0, 0.1) is 5.92 Å². The number of ether oxygens (including phenoxy) is 2. The van der Waals surface area contributed by atoms with Gasteiger partial charge in [-0.15, -0.1) is 0 Å². The fourth-order valence-electron chi connectivity index (χ4n) is 4.59. The maximum absolute atomic E-state index is 12.9. The Hall–Kier alpha value is -1.99. The SMILES string of the molecule is COC1(C(=O)NCc2cccnc2)CCN(C(=O)[C@H]2C[C@@H]3CC[C@H]2O3)CC1. The molecule has 3 aliphatic rings. The Labute approximate surface area is 159 Å². The van der Waals surface area contributed by atoms with Crippen LogP contribution >= 0.6 is 0 Å². The average Bonchev–Trinajstić information content (AvgIpc) is 3.36. The van der Waals surface area contributed by atoms with Crippen LogP contribution in [0.5, 0.6) is 0 Å². The van der Waals surface area contributed by atoms with Crippen molar-refractivity contribution in [3.63, 3.8) is 0 Å². The molecule has 0 unspecified atom stereocenters. The maximum Gasteiger partial charge on any atom is 0.252 e. The summed E-state index contributed by atoms with van der Waals surface area (Å²) >= 11 is 0. The van der Waals surface area contributed by atoms with Crippen molar-refractivity contribution in [1.29, 1.82) is 0 Å². The summed E-state index contributed by atoms with van der Waals surface area (Å²) in [6.07, 6.45) is 7.75. The number of aromatic nitrogens is 1. The zero-order chi connectivity index (χ0) is 18.9. The van der Waals surface area contributed by atoms with Gasteiger partial charge in [-0.1, -0.05) is 6.07 Å². The van der Waals surface area contributed by atoms with E-state index < -0.39 is 5.60 Å². The maximum atomic E-state index is 12.9. The Balaban J connectivity index is 1.32. The van der Waals surface area contributed by atoms with E-state index in [4.69, 9.17) is 9.47 Å². The minimum atomic E-state index is -0.871. The van der Waals surface area contributed by atoms with Gasteiger partial charge in [0.15, 0.2) is 0 Å². The van der Waals surface area contributed by atoms with Crippen molar-refractivity contribution in [2.75, 3.05) is 20.2 Å². The smallest absolute Gasteiger partial charge is 0.252 e. The van der Waals surface area contributed by atoms with Crippen LogP contribution in [-0.2, 0) is 25.6 Å². The number of nitrogens with zero attached hydrogens (tertiary/aromatic N) is 2. The summed E-state index contributed by atoms with van der Waals surface area (Å²) < 4.78 is 11.5. The molecule has 0 aliphatic carbocycles. The van der Waals surface area contributed by atoms with E-state index in [-0.39, 0.29) is 29.9 Å². The Bertz CT molecular complexity index is 688. The molecule has 2 amide bonds. The first kappa shape index (κ1) is 18.4. The number of hydrogen-bond donors (Lipinski definition) is 1. The lowest BCUT2D eigenvalue weighted by atomic mass is 9.85. The lowest BCUT2D eigenvalue weighted by molar-refractivity contribution is -0.155. The molecule has 3 fully saturated rings. The molecule has 0 radical (unpaired) electrons. The molecule has 4 rings (SSSR count). The highest BCUT2D eigenvalue weighted by Gasteiger charge is 2.48. The second kappa shape index (κ2) is 7.56. The molecule has 0 spiro atoms. The first-order valence-electron chi connectivity index (χ1n) is 9.78. The molecule has 0 saturated carbocycles. The molecular formula is C20H27N3O4. The average molecular weight is 373 g/mol. The molecule has 4 heterocycles. The number of amides is 2. The molecule has 2 bridgehead atoms. The van der Waals surface area contributed by atoms with Crippen molar-refractivity contribution in [1.82, 2.24) is 15.2 Å². The summed E-state index contributed by atoms with van der Waals surface area (Å²) in [4.78, 5) is 31.6. The van der Waals surface area contributed by atoms with Gasteiger partial charge in [0.05, 0.1) is 18.1 Å². The fourth-order valence-corrected chi connectivity index (χ4v) is 4.59. The lowest BCUT2D eigenvalue weighted by Gasteiger charge is -2.40. The molecule has 1 aromatic heterocycles.